The SMILES string of the molecule is CC1=Cc2c(-c3ccc(C(C)(C)C)cc3)cccc2[CH]1[Zr]([Cl])([Cl])([CH]1C(C2CCCCC2)=Cc2c(-c3ccc(C(C)C)cc3)cccc21)[SiH](C)C. The molecule has 4 aromatic carbocycles. The molecule has 0 aliphatic heterocycles. The van der Waals surface area contributed by atoms with Gasteiger partial charge in [-0.2, -0.15) is 0 Å². The molecule has 4 heteroatoms. The molecule has 0 bridgehead atoms. The van der Waals surface area contributed by atoms with Crippen molar-refractivity contribution in [2.75, 3.05) is 0 Å². The van der Waals surface area contributed by atoms with Crippen molar-refractivity contribution in [1.82, 2.24) is 0 Å². The normalized spacial score (nSPS) is 20.4. The van der Waals surface area contributed by atoms with E-state index >= 15 is 0 Å². The summed E-state index contributed by atoms with van der Waals surface area (Å²) in [6, 6.07) is 32.4. The Morgan fingerprint density at radius 3 is 1.72 bits per heavy atom. The molecule has 2 atom stereocenters. The van der Waals surface area contributed by atoms with Crippen LogP contribution >= 0.6 is 17.0 Å². The fourth-order valence-corrected chi connectivity index (χ4v) is 41.6. The van der Waals surface area contributed by atoms with Gasteiger partial charge in [0, 0.05) is 0 Å². The van der Waals surface area contributed by atoms with Gasteiger partial charge in [0.1, 0.15) is 0 Å². The van der Waals surface area contributed by atoms with E-state index in [1.165, 1.54) is 93.3 Å². The predicted octanol–water partition coefficient (Wildman–Crippen LogP) is 14.6. The van der Waals surface area contributed by atoms with Crippen LogP contribution in [0.4, 0.5) is 0 Å². The molecule has 0 aromatic heterocycles. The van der Waals surface area contributed by atoms with E-state index in [0.717, 1.165) is 0 Å². The molecule has 2 unspecified atom stereocenters. The maximum atomic E-state index is 8.78. The van der Waals surface area contributed by atoms with E-state index < -0.39 is 21.5 Å². The molecule has 7 rings (SSSR count). The van der Waals surface area contributed by atoms with E-state index in [9.17, 15) is 0 Å². The van der Waals surface area contributed by atoms with Crippen LogP contribution in [0, 0.1) is 5.92 Å². The zero-order chi connectivity index (χ0) is 35.6. The first-order chi connectivity index (χ1) is 23.7. The Morgan fingerprint density at radius 1 is 0.680 bits per heavy atom. The summed E-state index contributed by atoms with van der Waals surface area (Å²) in [5.74, 6) is -0.572. The molecule has 0 N–H and O–H groups in total. The van der Waals surface area contributed by atoms with Gasteiger partial charge in [-0.1, -0.05) is 0 Å². The third kappa shape index (κ3) is 6.07. The maximum absolute atomic E-state index is 8.78. The Bertz CT molecular complexity index is 1970. The summed E-state index contributed by atoms with van der Waals surface area (Å²) in [7, 11) is 17.6. The van der Waals surface area contributed by atoms with Gasteiger partial charge < -0.3 is 0 Å². The summed E-state index contributed by atoms with van der Waals surface area (Å²) >= 11 is -4.85. The first-order valence-electron chi connectivity index (χ1n) is 19.1. The number of hydrogen-bond acceptors (Lipinski definition) is 0. The summed E-state index contributed by atoms with van der Waals surface area (Å²) in [5, 5.41) is 0. The molecule has 0 amide bonds. The average Bonchev–Trinajstić information content (AvgIpc) is 3.67. The summed E-state index contributed by atoms with van der Waals surface area (Å²) in [6.07, 6.45) is 11.5. The number of benzene rings is 4. The first-order valence-corrected chi connectivity index (χ1v) is 35.5. The van der Waals surface area contributed by atoms with E-state index in [1.54, 1.807) is 5.57 Å². The topological polar surface area (TPSA) is 0 Å². The van der Waals surface area contributed by atoms with Crippen LogP contribution in [0.5, 0.6) is 0 Å². The molecule has 4 aromatic rings. The van der Waals surface area contributed by atoms with E-state index in [2.05, 4.69) is 152 Å². The van der Waals surface area contributed by atoms with Gasteiger partial charge in [0.2, 0.25) is 0 Å². The van der Waals surface area contributed by atoms with Gasteiger partial charge in [0.25, 0.3) is 0 Å². The van der Waals surface area contributed by atoms with Gasteiger partial charge in [-0.15, -0.1) is 0 Å². The second-order valence-corrected chi connectivity index (χ2v) is 59.8. The van der Waals surface area contributed by atoms with Crippen molar-refractivity contribution in [2.45, 2.75) is 105 Å². The Labute approximate surface area is 311 Å². The monoisotopic (exact) mass is 795 g/mol. The van der Waals surface area contributed by atoms with Crippen molar-refractivity contribution in [3.05, 3.63) is 129 Å². The third-order valence-corrected chi connectivity index (χ3v) is 64.6. The molecule has 0 radical (unpaired) electrons. The van der Waals surface area contributed by atoms with Crippen molar-refractivity contribution < 1.29 is 15.6 Å². The Balaban J connectivity index is 1.40. The molecular formula is C46H55Cl2SiZr. The molecule has 50 heavy (non-hydrogen) atoms. The third-order valence-electron chi connectivity index (χ3n) is 12.6. The van der Waals surface area contributed by atoms with Gasteiger partial charge in [-0.3, -0.25) is 0 Å². The van der Waals surface area contributed by atoms with Crippen LogP contribution in [0.25, 0.3) is 34.4 Å². The molecule has 0 spiro atoms. The fraction of sp³-hybridized carbons (Fsp3) is 0.391. The molecule has 0 saturated heterocycles. The van der Waals surface area contributed by atoms with Crippen LogP contribution in [-0.4, -0.2) is 5.92 Å². The molecule has 1 saturated carbocycles. The zero-order valence-corrected chi connectivity index (χ0v) is 36.5. The fourth-order valence-electron chi connectivity index (χ4n) is 9.65. The number of allylic oxidation sites excluding steroid dienone is 2. The minimum atomic E-state index is -4.85. The van der Waals surface area contributed by atoms with Crippen LogP contribution in [0.3, 0.4) is 0 Å². The average molecular weight is 798 g/mol. The van der Waals surface area contributed by atoms with Crippen LogP contribution in [0.1, 0.15) is 120 Å². The van der Waals surface area contributed by atoms with Crippen molar-refractivity contribution in [1.29, 1.82) is 0 Å². The molecule has 1 fully saturated rings. The second kappa shape index (κ2) is 13.5. The molecule has 261 valence electrons. The van der Waals surface area contributed by atoms with Gasteiger partial charge >= 0.3 is 314 Å². The van der Waals surface area contributed by atoms with Crippen molar-refractivity contribution >= 4 is 35.1 Å². The summed E-state index contributed by atoms with van der Waals surface area (Å²) in [5.41, 5.74) is 16.4. The van der Waals surface area contributed by atoms with E-state index in [4.69, 9.17) is 17.0 Å². The summed E-state index contributed by atoms with van der Waals surface area (Å²) in [4.78, 5) is 0. The van der Waals surface area contributed by atoms with Crippen molar-refractivity contribution in [2.24, 2.45) is 5.92 Å². The molecule has 0 heterocycles. The van der Waals surface area contributed by atoms with E-state index in [0.29, 0.717) is 11.8 Å². The second-order valence-electron chi connectivity index (χ2n) is 17.3. The Hall–Kier alpha value is -1.96. The summed E-state index contributed by atoms with van der Waals surface area (Å²) in [6.45, 7) is 18.7. The van der Waals surface area contributed by atoms with E-state index in [-0.39, 0.29) is 12.7 Å². The van der Waals surface area contributed by atoms with Crippen LogP contribution in [0.15, 0.2) is 96.1 Å². The van der Waals surface area contributed by atoms with Gasteiger partial charge in [0.15, 0.2) is 0 Å². The van der Waals surface area contributed by atoms with Gasteiger partial charge in [0.05, 0.1) is 0 Å². The van der Waals surface area contributed by atoms with Gasteiger partial charge in [-0.05, 0) is 0 Å². The predicted molar refractivity (Wildman–Crippen MR) is 221 cm³/mol. The Kier molecular flexibility index (Phi) is 9.81. The number of hydrogen-bond donors (Lipinski definition) is 0. The number of halogens is 2. The molecular weight excluding hydrogens is 743 g/mol. The summed E-state index contributed by atoms with van der Waals surface area (Å²) < 4.78 is 0.237. The van der Waals surface area contributed by atoms with Crippen LogP contribution < -0.4 is 0 Å². The number of rotatable bonds is 7. The van der Waals surface area contributed by atoms with Gasteiger partial charge in [-0.25, -0.2) is 0 Å². The standard InChI is InChI=1S/C24H27.C20H21.C2H7Si.2ClH.Zr/c1-17(2)18-11-13-20(14-12-18)23-10-6-9-21-15-22(16-24(21)23)19-7-4-3-5-8-19;1-14-12-16-6-5-7-18(19(16)13-14)15-8-10-17(11-9-15)20(2,3)4;1-3-2;;;/h6,9-17,19H,3-5,7-8H2,1-2H3;5-13H,1-4H3;3H,1-2H3;2*1H;/q;;;;;+2/p-2. The van der Waals surface area contributed by atoms with Crippen LogP contribution in [0.2, 0.25) is 13.1 Å². The Morgan fingerprint density at radius 2 is 1.20 bits per heavy atom. The molecule has 3 aliphatic rings. The first kappa shape index (κ1) is 36.4. The molecule has 3 aliphatic carbocycles. The van der Waals surface area contributed by atoms with Crippen LogP contribution in [-0.2, 0) is 21.0 Å². The van der Waals surface area contributed by atoms with Crippen molar-refractivity contribution in [3.63, 3.8) is 0 Å². The molecule has 0 nitrogen and oxygen atoms in total. The number of fused-ring (bicyclic) bond motifs is 2. The van der Waals surface area contributed by atoms with Crippen molar-refractivity contribution in [3.8, 4) is 22.3 Å². The van der Waals surface area contributed by atoms with E-state index in [1.807, 2.05) is 0 Å². The zero-order valence-electron chi connectivity index (χ0n) is 31.4. The quantitative estimate of drug-likeness (QED) is 0.163. The minimum absolute atomic E-state index is 0.104.